The maximum atomic E-state index is 12.3. The summed E-state index contributed by atoms with van der Waals surface area (Å²) in [5.74, 6) is -1.56. The van der Waals surface area contributed by atoms with E-state index in [0.29, 0.717) is 0 Å². The first-order chi connectivity index (χ1) is 12.7. The van der Waals surface area contributed by atoms with Gasteiger partial charge in [0.25, 0.3) is 15.9 Å². The molecule has 0 saturated carbocycles. The molecular formula is C19H21N3O4S. The standard InChI is InChI=1S/C19H21N3O4S/c1-13-8-10-16(11-9-13)27(25,26)22-14(2)19(24)21-17(18(20)23)12-15-6-4-3-5-7-15/h3-11,17,22H,2,12H2,1H3,(H2,20,23)(H,21,24)/t17-/m0/s1. The Morgan fingerprint density at radius 2 is 1.67 bits per heavy atom. The van der Waals surface area contributed by atoms with Crippen molar-refractivity contribution in [3.8, 4) is 0 Å². The molecule has 0 unspecified atom stereocenters. The highest BCUT2D eigenvalue weighted by molar-refractivity contribution is 7.89. The Labute approximate surface area is 158 Å². The summed E-state index contributed by atoms with van der Waals surface area (Å²) in [6.45, 7) is 5.27. The van der Waals surface area contributed by atoms with Gasteiger partial charge in [-0.3, -0.25) is 14.3 Å². The Balaban J connectivity index is 2.05. The Kier molecular flexibility index (Phi) is 6.36. The highest BCUT2D eigenvalue weighted by Crippen LogP contribution is 2.11. The average Bonchev–Trinajstić information content (AvgIpc) is 2.61. The van der Waals surface area contributed by atoms with E-state index in [4.69, 9.17) is 5.73 Å². The lowest BCUT2D eigenvalue weighted by atomic mass is 10.1. The van der Waals surface area contributed by atoms with Gasteiger partial charge < -0.3 is 11.1 Å². The summed E-state index contributed by atoms with van der Waals surface area (Å²) in [6.07, 6.45) is 0.180. The number of rotatable bonds is 8. The first kappa shape index (κ1) is 20.2. The highest BCUT2D eigenvalue weighted by atomic mass is 32.2. The molecule has 0 heterocycles. The third-order valence-electron chi connectivity index (χ3n) is 3.79. The molecule has 0 radical (unpaired) electrons. The van der Waals surface area contributed by atoms with E-state index in [1.54, 1.807) is 36.4 Å². The summed E-state index contributed by atoms with van der Waals surface area (Å²) in [4.78, 5) is 23.9. The van der Waals surface area contributed by atoms with Gasteiger partial charge in [-0.2, -0.15) is 0 Å². The molecule has 8 heteroatoms. The van der Waals surface area contributed by atoms with Gasteiger partial charge in [-0.05, 0) is 24.6 Å². The first-order valence-electron chi connectivity index (χ1n) is 8.11. The number of sulfonamides is 1. The second-order valence-electron chi connectivity index (χ2n) is 6.02. The molecular weight excluding hydrogens is 366 g/mol. The average molecular weight is 387 g/mol. The van der Waals surface area contributed by atoms with Crippen molar-refractivity contribution in [2.75, 3.05) is 0 Å². The molecule has 0 spiro atoms. The third-order valence-corrected chi connectivity index (χ3v) is 5.20. The smallest absolute Gasteiger partial charge is 0.268 e. The number of nitrogens with one attached hydrogen (secondary N) is 2. The minimum Gasteiger partial charge on any atom is -0.368 e. The lowest BCUT2D eigenvalue weighted by Gasteiger charge is -2.17. The Hall–Kier alpha value is -3.13. The van der Waals surface area contributed by atoms with Gasteiger partial charge in [-0.1, -0.05) is 54.6 Å². The molecule has 0 aliphatic rings. The van der Waals surface area contributed by atoms with Crippen molar-refractivity contribution in [1.29, 1.82) is 0 Å². The fourth-order valence-corrected chi connectivity index (χ4v) is 3.33. The molecule has 0 aliphatic heterocycles. The molecule has 1 atom stereocenters. The number of hydrogen-bond donors (Lipinski definition) is 3. The monoisotopic (exact) mass is 387 g/mol. The largest absolute Gasteiger partial charge is 0.368 e. The molecule has 7 nitrogen and oxygen atoms in total. The normalized spacial score (nSPS) is 12.0. The number of benzene rings is 2. The third kappa shape index (κ3) is 5.68. The zero-order chi connectivity index (χ0) is 20.0. The van der Waals surface area contributed by atoms with E-state index in [9.17, 15) is 18.0 Å². The van der Waals surface area contributed by atoms with E-state index in [0.717, 1.165) is 11.1 Å². The zero-order valence-corrected chi connectivity index (χ0v) is 15.6. The zero-order valence-electron chi connectivity index (χ0n) is 14.8. The van der Waals surface area contributed by atoms with Crippen molar-refractivity contribution in [2.45, 2.75) is 24.3 Å². The molecule has 27 heavy (non-hydrogen) atoms. The van der Waals surface area contributed by atoms with Crippen molar-refractivity contribution in [3.05, 3.63) is 78.0 Å². The fraction of sp³-hybridized carbons (Fsp3) is 0.158. The van der Waals surface area contributed by atoms with Crippen LogP contribution in [0.15, 0.2) is 71.8 Å². The van der Waals surface area contributed by atoms with Crippen LogP contribution in [0.2, 0.25) is 0 Å². The van der Waals surface area contributed by atoms with Crippen LogP contribution >= 0.6 is 0 Å². The second-order valence-corrected chi connectivity index (χ2v) is 7.70. The van der Waals surface area contributed by atoms with Gasteiger partial charge in [0, 0.05) is 6.42 Å². The van der Waals surface area contributed by atoms with Crippen LogP contribution in [0.3, 0.4) is 0 Å². The lowest BCUT2D eigenvalue weighted by molar-refractivity contribution is -0.125. The van der Waals surface area contributed by atoms with E-state index < -0.39 is 33.6 Å². The maximum absolute atomic E-state index is 12.3. The molecule has 0 fully saturated rings. The minimum absolute atomic E-state index is 0.00205. The molecule has 2 aromatic carbocycles. The van der Waals surface area contributed by atoms with Crippen molar-refractivity contribution in [2.24, 2.45) is 5.73 Å². The van der Waals surface area contributed by atoms with Crippen molar-refractivity contribution < 1.29 is 18.0 Å². The summed E-state index contributed by atoms with van der Waals surface area (Å²) in [5.41, 5.74) is 6.63. The van der Waals surface area contributed by atoms with Gasteiger partial charge in [0.15, 0.2) is 0 Å². The van der Waals surface area contributed by atoms with Crippen LogP contribution in [0.5, 0.6) is 0 Å². The van der Waals surface area contributed by atoms with Crippen LogP contribution in [0.4, 0.5) is 0 Å². The van der Waals surface area contributed by atoms with Crippen LogP contribution < -0.4 is 15.8 Å². The predicted octanol–water partition coefficient (Wildman–Crippen LogP) is 1.000. The first-order valence-corrected chi connectivity index (χ1v) is 9.60. The van der Waals surface area contributed by atoms with Crippen LogP contribution in [0.1, 0.15) is 11.1 Å². The Morgan fingerprint density at radius 3 is 2.22 bits per heavy atom. The Bertz CT molecular complexity index is 939. The van der Waals surface area contributed by atoms with Gasteiger partial charge in [0.05, 0.1) is 4.90 Å². The summed E-state index contributed by atoms with van der Waals surface area (Å²) >= 11 is 0. The van der Waals surface area contributed by atoms with Gasteiger partial charge >= 0.3 is 0 Å². The van der Waals surface area contributed by atoms with Crippen LogP contribution in [-0.4, -0.2) is 26.3 Å². The van der Waals surface area contributed by atoms with Crippen molar-refractivity contribution in [3.63, 3.8) is 0 Å². The summed E-state index contributed by atoms with van der Waals surface area (Å²) in [6, 6.07) is 14.1. The van der Waals surface area contributed by atoms with Crippen LogP contribution in [-0.2, 0) is 26.0 Å². The SMILES string of the molecule is C=C(NS(=O)(=O)c1ccc(C)cc1)C(=O)N[C@@H](Cc1ccccc1)C(N)=O. The minimum atomic E-state index is -3.96. The van der Waals surface area contributed by atoms with Gasteiger partial charge in [-0.25, -0.2) is 8.42 Å². The molecule has 0 aromatic heterocycles. The number of aryl methyl sites for hydroxylation is 1. The topological polar surface area (TPSA) is 118 Å². The van der Waals surface area contributed by atoms with Crippen molar-refractivity contribution in [1.82, 2.24) is 10.0 Å². The molecule has 2 aromatic rings. The van der Waals surface area contributed by atoms with Crippen LogP contribution in [0, 0.1) is 6.92 Å². The van der Waals surface area contributed by atoms with Crippen LogP contribution in [0.25, 0.3) is 0 Å². The number of amides is 2. The number of carbonyl (C=O) groups is 2. The van der Waals surface area contributed by atoms with Gasteiger partial charge in [-0.15, -0.1) is 0 Å². The maximum Gasteiger partial charge on any atom is 0.268 e. The van der Waals surface area contributed by atoms with Crippen molar-refractivity contribution >= 4 is 21.8 Å². The molecule has 0 saturated heterocycles. The molecule has 2 rings (SSSR count). The van der Waals surface area contributed by atoms with E-state index in [1.807, 2.05) is 13.0 Å². The Morgan fingerprint density at radius 1 is 1.07 bits per heavy atom. The summed E-state index contributed by atoms with van der Waals surface area (Å²) in [7, 11) is -3.96. The number of carbonyl (C=O) groups excluding carboxylic acids is 2. The van der Waals surface area contributed by atoms with E-state index in [-0.39, 0.29) is 11.3 Å². The van der Waals surface area contributed by atoms with Gasteiger partial charge in [0.2, 0.25) is 5.91 Å². The molecule has 142 valence electrons. The van der Waals surface area contributed by atoms with Gasteiger partial charge in [0.1, 0.15) is 11.7 Å². The summed E-state index contributed by atoms with van der Waals surface area (Å²) in [5, 5.41) is 2.41. The molecule has 0 aliphatic carbocycles. The molecule has 4 N–H and O–H groups in total. The lowest BCUT2D eigenvalue weighted by Crippen LogP contribution is -2.48. The number of nitrogens with two attached hydrogens (primary N) is 1. The number of primary amides is 1. The molecule has 0 bridgehead atoms. The van der Waals surface area contributed by atoms with E-state index in [1.165, 1.54) is 12.1 Å². The number of hydrogen-bond acceptors (Lipinski definition) is 4. The molecule has 2 amide bonds. The highest BCUT2D eigenvalue weighted by Gasteiger charge is 2.23. The predicted molar refractivity (Wildman–Crippen MR) is 102 cm³/mol. The van der Waals surface area contributed by atoms with E-state index in [2.05, 4.69) is 16.6 Å². The quantitative estimate of drug-likeness (QED) is 0.586. The fourth-order valence-electron chi connectivity index (χ4n) is 2.30. The van der Waals surface area contributed by atoms with E-state index >= 15 is 0 Å². The second kappa shape index (κ2) is 8.50. The summed E-state index contributed by atoms with van der Waals surface area (Å²) < 4.78 is 26.8.